The summed E-state index contributed by atoms with van der Waals surface area (Å²) in [5, 5.41) is 2.98. The number of nitrogens with one attached hydrogen (secondary N) is 1. The summed E-state index contributed by atoms with van der Waals surface area (Å²) in [6.07, 6.45) is 7.00. The van der Waals surface area contributed by atoms with Gasteiger partial charge in [0, 0.05) is 42.3 Å². The smallest absolute Gasteiger partial charge is 0.254 e. The van der Waals surface area contributed by atoms with Gasteiger partial charge < -0.3 is 15.1 Å². The van der Waals surface area contributed by atoms with Crippen LogP contribution < -0.4 is 10.2 Å². The lowest BCUT2D eigenvalue weighted by molar-refractivity contribution is -0.129. The highest BCUT2D eigenvalue weighted by Crippen LogP contribution is 2.40. The minimum absolute atomic E-state index is 0.0273. The van der Waals surface area contributed by atoms with Gasteiger partial charge in [-0.25, -0.2) is 0 Å². The number of rotatable bonds is 4. The zero-order chi connectivity index (χ0) is 22.1. The largest absolute Gasteiger partial charge is 0.340 e. The summed E-state index contributed by atoms with van der Waals surface area (Å²) in [5.41, 5.74) is 5.07. The minimum atomic E-state index is -0.551. The summed E-state index contributed by atoms with van der Waals surface area (Å²) in [5.74, 6) is -0.183. The first kappa shape index (κ1) is 22.1. The van der Waals surface area contributed by atoms with E-state index in [1.807, 2.05) is 43.0 Å². The van der Waals surface area contributed by atoms with Gasteiger partial charge in [0.1, 0.15) is 6.04 Å². The van der Waals surface area contributed by atoms with Gasteiger partial charge in [-0.15, -0.1) is 0 Å². The van der Waals surface area contributed by atoms with Crippen LogP contribution in [0.2, 0.25) is 0 Å². The van der Waals surface area contributed by atoms with Crippen LogP contribution in [0.3, 0.4) is 0 Å². The molecule has 31 heavy (non-hydrogen) atoms. The number of benzene rings is 1. The van der Waals surface area contributed by atoms with Crippen LogP contribution in [0.25, 0.3) is 0 Å². The van der Waals surface area contributed by atoms with E-state index in [-0.39, 0.29) is 23.8 Å². The summed E-state index contributed by atoms with van der Waals surface area (Å²) >= 11 is 0. The Hall–Kier alpha value is -2.14. The first-order valence-corrected chi connectivity index (χ1v) is 12.0. The summed E-state index contributed by atoms with van der Waals surface area (Å²) in [6, 6.07) is 8.30. The molecule has 1 aliphatic carbocycles. The Morgan fingerprint density at radius 2 is 1.65 bits per heavy atom. The van der Waals surface area contributed by atoms with Crippen molar-refractivity contribution in [3.05, 3.63) is 41.0 Å². The molecule has 2 aliphatic heterocycles. The van der Waals surface area contributed by atoms with E-state index in [1.165, 1.54) is 31.3 Å². The Balaban J connectivity index is 1.42. The molecule has 2 fully saturated rings. The Labute approximate surface area is 186 Å². The highest BCUT2D eigenvalue weighted by Gasteiger charge is 2.42. The third-order valence-electron chi connectivity index (χ3n) is 7.45. The number of carbonyl (C=O) groups excluding carboxylic acids is 2. The molecule has 1 unspecified atom stereocenters. The molecule has 0 radical (unpaired) electrons. The van der Waals surface area contributed by atoms with Crippen molar-refractivity contribution in [2.24, 2.45) is 5.92 Å². The fourth-order valence-electron chi connectivity index (χ4n) is 5.49. The molecule has 0 bridgehead atoms. The third-order valence-corrected chi connectivity index (χ3v) is 7.45. The number of anilines is 1. The van der Waals surface area contributed by atoms with Crippen molar-refractivity contribution in [1.29, 1.82) is 0 Å². The molecule has 1 saturated carbocycles. The van der Waals surface area contributed by atoms with Gasteiger partial charge in [-0.3, -0.25) is 9.59 Å². The number of amides is 2. The maximum Gasteiger partial charge on any atom is 0.254 e. The molecule has 168 valence electrons. The van der Waals surface area contributed by atoms with Gasteiger partial charge in [-0.1, -0.05) is 43.2 Å². The van der Waals surface area contributed by atoms with Crippen molar-refractivity contribution in [3.8, 4) is 0 Å². The third kappa shape index (κ3) is 4.43. The van der Waals surface area contributed by atoms with Crippen LogP contribution in [0.1, 0.15) is 77.8 Å². The van der Waals surface area contributed by atoms with Gasteiger partial charge in [0.25, 0.3) is 5.91 Å². The Morgan fingerprint density at radius 1 is 1.00 bits per heavy atom. The van der Waals surface area contributed by atoms with Crippen molar-refractivity contribution in [2.75, 3.05) is 18.0 Å². The maximum atomic E-state index is 13.4. The van der Waals surface area contributed by atoms with Crippen molar-refractivity contribution < 1.29 is 9.59 Å². The highest BCUT2D eigenvalue weighted by molar-refractivity contribution is 6.06. The van der Waals surface area contributed by atoms with Crippen molar-refractivity contribution in [2.45, 2.75) is 84.3 Å². The van der Waals surface area contributed by atoms with Crippen LogP contribution in [0, 0.1) is 5.92 Å². The number of hydrogen-bond acceptors (Lipinski definition) is 3. The second-order valence-electron chi connectivity index (χ2n) is 9.97. The average Bonchev–Trinajstić information content (AvgIpc) is 3.05. The van der Waals surface area contributed by atoms with Gasteiger partial charge in [0.15, 0.2) is 0 Å². The summed E-state index contributed by atoms with van der Waals surface area (Å²) in [6.45, 7) is 10.3. The van der Waals surface area contributed by atoms with Crippen molar-refractivity contribution in [1.82, 2.24) is 10.2 Å². The van der Waals surface area contributed by atoms with E-state index in [2.05, 4.69) is 24.1 Å². The van der Waals surface area contributed by atoms with E-state index in [1.54, 1.807) is 5.57 Å². The van der Waals surface area contributed by atoms with E-state index in [4.69, 9.17) is 0 Å². The molecular weight excluding hydrogens is 386 g/mol. The van der Waals surface area contributed by atoms with E-state index in [9.17, 15) is 9.59 Å². The van der Waals surface area contributed by atoms with E-state index < -0.39 is 6.04 Å². The predicted molar refractivity (Wildman–Crippen MR) is 125 cm³/mol. The van der Waals surface area contributed by atoms with E-state index in [0.717, 1.165) is 37.2 Å². The molecule has 4 rings (SSSR count). The number of para-hydroxylation sites is 1. The number of hydrogen-bond donors (Lipinski definition) is 1. The Bertz CT molecular complexity index is 853. The second-order valence-corrected chi connectivity index (χ2v) is 9.97. The maximum absolute atomic E-state index is 13.4. The topological polar surface area (TPSA) is 52.6 Å². The molecule has 0 spiro atoms. The lowest BCUT2D eigenvalue weighted by atomic mass is 9.86. The molecule has 2 amide bonds. The van der Waals surface area contributed by atoms with Crippen molar-refractivity contribution >= 4 is 17.5 Å². The summed E-state index contributed by atoms with van der Waals surface area (Å²) in [4.78, 5) is 30.4. The van der Waals surface area contributed by atoms with E-state index in [0.29, 0.717) is 6.04 Å². The van der Waals surface area contributed by atoms with Crippen LogP contribution >= 0.6 is 0 Å². The van der Waals surface area contributed by atoms with Crippen molar-refractivity contribution in [3.63, 3.8) is 0 Å². The molecule has 1 aromatic carbocycles. The highest BCUT2D eigenvalue weighted by atomic mass is 16.2. The van der Waals surface area contributed by atoms with E-state index >= 15 is 0 Å². The number of likely N-dealkylation sites (tertiary alicyclic amines) is 1. The van der Waals surface area contributed by atoms with Crippen LogP contribution in [0.4, 0.5) is 5.69 Å². The summed E-state index contributed by atoms with van der Waals surface area (Å²) in [7, 11) is 0. The quantitative estimate of drug-likeness (QED) is 0.721. The van der Waals surface area contributed by atoms with Gasteiger partial charge in [0.2, 0.25) is 5.91 Å². The first-order chi connectivity index (χ1) is 14.9. The molecular formula is C26H37N3O2. The average molecular weight is 424 g/mol. The second kappa shape index (κ2) is 9.15. The molecule has 1 aromatic rings. The lowest BCUT2D eigenvalue weighted by Gasteiger charge is -2.42. The van der Waals surface area contributed by atoms with Gasteiger partial charge in [-0.2, -0.15) is 0 Å². The fraction of sp³-hybridized carbons (Fsp3) is 0.615. The van der Waals surface area contributed by atoms with Gasteiger partial charge in [0.05, 0.1) is 0 Å². The van der Waals surface area contributed by atoms with Crippen LogP contribution in [0.5, 0.6) is 0 Å². The SMILES string of the molecule is CC(C)=C1CCC(N2CCC(N3C(=O)C(NC(=O)C(C)C)c4ccccc43)CC2)CC1. The Kier molecular flexibility index (Phi) is 6.52. The van der Waals surface area contributed by atoms with Crippen LogP contribution in [-0.4, -0.2) is 41.9 Å². The zero-order valence-corrected chi connectivity index (χ0v) is 19.5. The molecule has 3 aliphatic rings. The zero-order valence-electron chi connectivity index (χ0n) is 19.5. The number of carbonyl (C=O) groups is 2. The van der Waals surface area contributed by atoms with Crippen LogP contribution in [-0.2, 0) is 9.59 Å². The minimum Gasteiger partial charge on any atom is -0.340 e. The monoisotopic (exact) mass is 423 g/mol. The summed E-state index contributed by atoms with van der Waals surface area (Å²) < 4.78 is 0. The molecule has 5 nitrogen and oxygen atoms in total. The van der Waals surface area contributed by atoms with Crippen LogP contribution in [0.15, 0.2) is 35.4 Å². The standard InChI is InChI=1S/C26H37N3O2/c1-17(2)19-9-11-20(12-10-19)28-15-13-21(14-16-28)29-23-8-6-5-7-22(23)24(26(29)31)27-25(30)18(3)4/h5-8,18,20-21,24H,9-16H2,1-4H3,(H,27,30). The van der Waals surface area contributed by atoms with Gasteiger partial charge in [-0.05, 0) is 58.4 Å². The predicted octanol–water partition coefficient (Wildman–Crippen LogP) is 4.59. The number of piperidine rings is 1. The Morgan fingerprint density at radius 3 is 2.26 bits per heavy atom. The normalized spacial score (nSPS) is 25.1. The number of allylic oxidation sites excluding steroid dienone is 2. The molecule has 0 aromatic heterocycles. The fourth-order valence-corrected chi connectivity index (χ4v) is 5.49. The number of nitrogens with zero attached hydrogens (tertiary/aromatic N) is 2. The molecule has 5 heteroatoms. The van der Waals surface area contributed by atoms with Gasteiger partial charge >= 0.3 is 0 Å². The first-order valence-electron chi connectivity index (χ1n) is 12.0. The number of fused-ring (bicyclic) bond motifs is 1. The molecule has 1 saturated heterocycles. The molecule has 1 atom stereocenters. The molecule has 2 heterocycles. The molecule has 1 N–H and O–H groups in total. The lowest BCUT2D eigenvalue weighted by Crippen LogP contribution is -2.50.